The maximum Gasteiger partial charge on any atom is 0.200 e. The monoisotopic (exact) mass is 1300 g/mol. The van der Waals surface area contributed by atoms with Gasteiger partial charge < -0.3 is 9.97 Å². The second-order valence-corrected chi connectivity index (χ2v) is 20.9. The first kappa shape index (κ1) is 60.1. The zero-order chi connectivity index (χ0) is 66.4. The van der Waals surface area contributed by atoms with Gasteiger partial charge in [-0.25, -0.2) is 108 Å². The van der Waals surface area contributed by atoms with E-state index in [1.54, 1.807) is 0 Å². The van der Waals surface area contributed by atoms with Crippen molar-refractivity contribution < 1.29 is 87.8 Å². The molecule has 2 aromatic heterocycles. The Bertz CT molecular complexity index is 5010. The molecule has 94 heavy (non-hydrogen) atoms. The predicted octanol–water partition coefficient (Wildman–Crippen LogP) is 15.9. The summed E-state index contributed by atoms with van der Waals surface area (Å²) >= 11 is 0. The van der Waals surface area contributed by atoms with Crippen LogP contribution in [0.3, 0.4) is 0 Å². The number of fused-ring (bicyclic) bond motifs is 12. The van der Waals surface area contributed by atoms with Gasteiger partial charge in [0.25, 0.3) is 0 Å². The summed E-state index contributed by atoms with van der Waals surface area (Å²) in [6.45, 7) is 0. The molecule has 0 radical (unpaired) electrons. The van der Waals surface area contributed by atoms with Crippen molar-refractivity contribution in [3.63, 3.8) is 0 Å². The van der Waals surface area contributed by atoms with Gasteiger partial charge in [-0.2, -0.15) is 0 Å². The largest absolute Gasteiger partial charge is 0.354 e. The highest BCUT2D eigenvalue weighted by atomic mass is 19.2. The number of aromatic amines is 2. The molecule has 6 aliphatic rings. The maximum atomic E-state index is 16.6. The fourth-order valence-corrected chi connectivity index (χ4v) is 11.6. The summed E-state index contributed by atoms with van der Waals surface area (Å²) < 4.78 is 318. The quantitative estimate of drug-likeness (QED) is 0.0945. The first-order valence-corrected chi connectivity index (χ1v) is 27.1. The van der Waals surface area contributed by atoms with Gasteiger partial charge in [-0.05, 0) is 84.0 Å². The normalized spacial score (nSPS) is 15.9. The molecule has 0 saturated heterocycles. The number of rotatable bonds is 6. The van der Waals surface area contributed by atoms with Crippen molar-refractivity contribution in [2.45, 2.75) is 0 Å². The molecule has 6 aliphatic heterocycles. The zero-order valence-electron chi connectivity index (χ0n) is 46.0. The van der Waals surface area contributed by atoms with Gasteiger partial charge in [-0.3, -0.25) is 0 Å². The second kappa shape index (κ2) is 22.2. The number of nitrogens with one attached hydrogen (secondary N) is 2. The number of H-pyrrole nitrogens is 2. The van der Waals surface area contributed by atoms with Crippen molar-refractivity contribution in [1.82, 2.24) is 9.97 Å². The molecule has 2 N–H and O–H groups in total. The van der Waals surface area contributed by atoms with Gasteiger partial charge in [0.05, 0.1) is 67.9 Å². The number of hydrogen-bond donors (Lipinski definition) is 2. The molecule has 0 spiro atoms. The Labute approximate surface area is 511 Å². The van der Waals surface area contributed by atoms with E-state index in [1.807, 2.05) is 0 Å². The first-order valence-electron chi connectivity index (χ1n) is 27.1. The van der Waals surface area contributed by atoms with Gasteiger partial charge >= 0.3 is 0 Å². The third-order valence-corrected chi connectivity index (χ3v) is 15.8. The Morgan fingerprint density at radius 3 is 0.713 bits per heavy atom. The van der Waals surface area contributed by atoms with Gasteiger partial charge in [-0.15, -0.1) is 0 Å². The number of nitrogens with zero attached hydrogens (tertiary/aromatic N) is 4. The fourth-order valence-electron chi connectivity index (χ4n) is 11.6. The average molecular weight is 1300 g/mol. The number of aromatic nitrogens is 2. The molecule has 14 rings (SSSR count). The lowest BCUT2D eigenvalue weighted by molar-refractivity contribution is 0.376. The maximum absolute atomic E-state index is 16.6. The van der Waals surface area contributed by atoms with Crippen molar-refractivity contribution in [3.05, 3.63) is 339 Å². The number of allylic oxidation sites excluding steroid dienone is 12. The van der Waals surface area contributed by atoms with Crippen LogP contribution in [0.1, 0.15) is 44.8 Å². The third kappa shape index (κ3) is 8.96. The molecule has 466 valence electrons. The molecule has 0 unspecified atom stereocenters. The van der Waals surface area contributed by atoms with Gasteiger partial charge in [-0.1, -0.05) is 60.7 Å². The van der Waals surface area contributed by atoms with E-state index in [2.05, 4.69) is 9.97 Å². The minimum absolute atomic E-state index is 0.0487. The van der Waals surface area contributed by atoms with E-state index in [0.717, 1.165) is 72.9 Å². The standard InChI is InChI=1S/C68H24F20N6/c69-49-45(50(70)58(78)65(85)57(49)77)41-29-15-11-25(89-29)39-26-12-16-30(90-26)42(46-51(71)59(79)66(86)60(80)52(46)72)34-20-22-36(94-34)44(48-55(75)63(83)68(88)64(84)56(48)76)32-18-14-28(92-32)40(38(24-9-5-2-6-10-24)37(39)23-7-3-1-4-8-23)27-13-17-31(91-27)43(35-21-19-33(41)93-35)47-53(73)61(81)67(87)62(82)54(47)74/h1-22,93-94H. The first-order chi connectivity index (χ1) is 45.0. The second-order valence-electron chi connectivity index (χ2n) is 20.9. The van der Waals surface area contributed by atoms with E-state index in [9.17, 15) is 17.6 Å². The van der Waals surface area contributed by atoms with Crippen molar-refractivity contribution in [3.8, 4) is 0 Å². The molecular weight excluding hydrogens is 1280 g/mol. The molecule has 8 aromatic rings. The lowest BCUT2D eigenvalue weighted by Gasteiger charge is -2.23. The number of halogens is 20. The lowest BCUT2D eigenvalue weighted by Crippen LogP contribution is -2.24. The van der Waals surface area contributed by atoms with E-state index in [1.165, 1.54) is 60.7 Å². The van der Waals surface area contributed by atoms with Gasteiger partial charge in [0, 0.05) is 66.7 Å². The molecule has 14 bridgehead atoms. The van der Waals surface area contributed by atoms with Crippen molar-refractivity contribution in [1.29, 1.82) is 0 Å². The van der Waals surface area contributed by atoms with E-state index in [-0.39, 0.29) is 33.4 Å². The molecule has 6 nitrogen and oxygen atoms in total. The summed E-state index contributed by atoms with van der Waals surface area (Å²) in [6, 6.07) is 18.1. The zero-order valence-corrected chi connectivity index (χ0v) is 46.0. The summed E-state index contributed by atoms with van der Waals surface area (Å²) in [5, 5.41) is -1.48. The summed E-state index contributed by atoms with van der Waals surface area (Å²) in [7, 11) is 0. The summed E-state index contributed by atoms with van der Waals surface area (Å²) in [4.78, 5) is 23.9. The Kier molecular flexibility index (Phi) is 14.2. The predicted molar refractivity (Wildman–Crippen MR) is 303 cm³/mol. The number of benzene rings is 6. The Morgan fingerprint density at radius 1 is 0.202 bits per heavy atom. The lowest BCUT2D eigenvalue weighted by atomic mass is 9.81. The molecule has 0 saturated carbocycles. The van der Waals surface area contributed by atoms with Crippen LogP contribution in [0.25, 0.3) is 33.4 Å². The van der Waals surface area contributed by atoms with Crippen molar-refractivity contribution >= 4 is 56.3 Å². The van der Waals surface area contributed by atoms with E-state index in [4.69, 9.17) is 20.0 Å². The molecule has 0 amide bonds. The summed E-state index contributed by atoms with van der Waals surface area (Å²) in [5.41, 5.74) is -18.2. The highest BCUT2D eigenvalue weighted by Crippen LogP contribution is 2.48. The molecule has 6 aromatic carbocycles. The number of aliphatic imine (C=N–C) groups is 4. The van der Waals surface area contributed by atoms with Crippen molar-refractivity contribution in [2.75, 3.05) is 0 Å². The van der Waals surface area contributed by atoms with Crippen LogP contribution in [0.2, 0.25) is 0 Å². The van der Waals surface area contributed by atoms with Crippen LogP contribution < -0.4 is 10.7 Å². The topological polar surface area (TPSA) is 81.0 Å². The van der Waals surface area contributed by atoms with E-state index < -0.39 is 229 Å². The molecule has 26 heteroatoms. The molecular formula is C68H24F20N6. The van der Waals surface area contributed by atoms with Crippen LogP contribution in [0.15, 0.2) is 187 Å². The Morgan fingerprint density at radius 2 is 0.436 bits per heavy atom. The molecule has 0 aliphatic carbocycles. The minimum atomic E-state index is -2.64. The molecule has 8 heterocycles. The smallest absolute Gasteiger partial charge is 0.200 e. The van der Waals surface area contributed by atoms with Crippen LogP contribution in [-0.4, -0.2) is 32.8 Å². The summed E-state index contributed by atoms with van der Waals surface area (Å²) in [5.74, 6) is -50.6. The van der Waals surface area contributed by atoms with Gasteiger partial charge in [0.2, 0.25) is 23.3 Å². The van der Waals surface area contributed by atoms with Crippen molar-refractivity contribution in [2.24, 2.45) is 20.0 Å². The minimum Gasteiger partial charge on any atom is -0.354 e. The Balaban J connectivity index is 1.26. The average Bonchev–Trinajstić information content (AvgIpc) is 1.55. The van der Waals surface area contributed by atoms with Crippen LogP contribution in [0, 0.1) is 116 Å². The summed E-state index contributed by atoms with van der Waals surface area (Å²) in [6.07, 6.45) is 8.25. The fraction of sp³-hybridized carbons (Fsp3) is 0. The highest BCUT2D eigenvalue weighted by Gasteiger charge is 2.39. The number of hydrogen-bond acceptors (Lipinski definition) is 4. The molecule has 0 atom stereocenters. The van der Waals surface area contributed by atoms with E-state index in [0.29, 0.717) is 0 Å². The highest BCUT2D eigenvalue weighted by molar-refractivity contribution is 6.35. The van der Waals surface area contributed by atoms with Crippen LogP contribution >= 0.6 is 0 Å². The third-order valence-electron chi connectivity index (χ3n) is 15.8. The Hall–Kier alpha value is -11.4. The van der Waals surface area contributed by atoms with E-state index >= 15 is 70.2 Å². The van der Waals surface area contributed by atoms with Crippen LogP contribution in [0.5, 0.6) is 0 Å². The van der Waals surface area contributed by atoms with Gasteiger partial charge in [0.1, 0.15) is 0 Å². The van der Waals surface area contributed by atoms with Gasteiger partial charge in [0.15, 0.2) is 93.1 Å². The van der Waals surface area contributed by atoms with Crippen LogP contribution in [-0.2, 0) is 0 Å². The molecule has 0 fully saturated rings. The SMILES string of the molecule is Fc1c(F)c(F)c(C2=C3C=CC(=N3)C3=C4C=CC(=N4)C(c4c(F)c(F)c(F)c(F)c4F)=c4ccc([nH]4)=C(c4c(F)c(F)c(F)c(F)c4F)C4=NC(=C(C5=NC(=C(c6c(F)c(F)c(F)c(F)c6F)c6ccc2[nH]6)C=C5)C(c2ccccc2)=C3c2ccccc2)C=C4)c(F)c1F. The van der Waals surface area contributed by atoms with Crippen LogP contribution in [0.4, 0.5) is 87.8 Å².